The van der Waals surface area contributed by atoms with E-state index in [1.165, 1.54) is 13.2 Å². The molecule has 1 N–H and O–H groups in total. The van der Waals surface area contributed by atoms with Gasteiger partial charge in [0.05, 0.1) is 12.7 Å². The molecule has 0 aromatic rings. The third-order valence-corrected chi connectivity index (χ3v) is 3.37. The van der Waals surface area contributed by atoms with Crippen LogP contribution in [-0.4, -0.2) is 24.0 Å². The van der Waals surface area contributed by atoms with E-state index in [4.69, 9.17) is 9.84 Å². The molecule has 4 heteroatoms. The summed E-state index contributed by atoms with van der Waals surface area (Å²) in [5, 5.41) is 9.17. The van der Waals surface area contributed by atoms with Crippen molar-refractivity contribution in [1.29, 1.82) is 0 Å². The highest BCUT2D eigenvalue weighted by Crippen LogP contribution is 2.33. The number of hydrogen-bond donors (Lipinski definition) is 1. The molecule has 1 aliphatic carbocycles. The van der Waals surface area contributed by atoms with Crippen LogP contribution in [0.2, 0.25) is 0 Å². The molecule has 0 aromatic carbocycles. The van der Waals surface area contributed by atoms with Gasteiger partial charge in [-0.1, -0.05) is 25.8 Å². The van der Waals surface area contributed by atoms with Crippen molar-refractivity contribution in [3.05, 3.63) is 23.5 Å². The van der Waals surface area contributed by atoms with Gasteiger partial charge in [-0.2, -0.15) is 0 Å². The van der Waals surface area contributed by atoms with Crippen molar-refractivity contribution in [3.8, 4) is 0 Å². The molecule has 0 heterocycles. The van der Waals surface area contributed by atoms with Gasteiger partial charge in [0.15, 0.2) is 5.78 Å². The molecule has 0 aromatic heterocycles. The van der Waals surface area contributed by atoms with E-state index in [-0.39, 0.29) is 11.7 Å². The van der Waals surface area contributed by atoms with Gasteiger partial charge in [0.25, 0.3) is 0 Å². The van der Waals surface area contributed by atoms with Crippen LogP contribution in [0.4, 0.5) is 0 Å². The summed E-state index contributed by atoms with van der Waals surface area (Å²) >= 11 is 0. The van der Waals surface area contributed by atoms with Gasteiger partial charge in [-0.05, 0) is 18.9 Å². The number of unbranched alkanes of at least 4 members (excludes halogenated alkanes) is 2. The van der Waals surface area contributed by atoms with Crippen molar-refractivity contribution in [2.45, 2.75) is 45.4 Å². The van der Waals surface area contributed by atoms with E-state index in [9.17, 15) is 9.59 Å². The summed E-state index contributed by atoms with van der Waals surface area (Å²) in [6, 6.07) is 0. The normalized spacial score (nSPS) is 19.2. The van der Waals surface area contributed by atoms with E-state index < -0.39 is 5.97 Å². The lowest BCUT2D eigenvalue weighted by Crippen LogP contribution is -2.09. The molecule has 0 saturated carbocycles. The fourth-order valence-electron chi connectivity index (χ4n) is 2.31. The molecule has 1 unspecified atom stereocenters. The van der Waals surface area contributed by atoms with Crippen LogP contribution in [0, 0.1) is 5.92 Å². The first-order valence-electron chi connectivity index (χ1n) is 6.81. The van der Waals surface area contributed by atoms with Gasteiger partial charge < -0.3 is 9.84 Å². The summed E-state index contributed by atoms with van der Waals surface area (Å²) in [5.41, 5.74) is 0.292. The molecule has 1 atom stereocenters. The van der Waals surface area contributed by atoms with Gasteiger partial charge in [-0.25, -0.2) is 4.79 Å². The maximum Gasteiger partial charge on any atom is 0.335 e. The number of aliphatic carboxylic acids is 1. The number of rotatable bonds is 8. The fourth-order valence-corrected chi connectivity index (χ4v) is 2.31. The van der Waals surface area contributed by atoms with E-state index in [0.717, 1.165) is 19.3 Å². The number of ether oxygens (including phenoxy) is 1. The second-order valence-corrected chi connectivity index (χ2v) is 4.77. The molecule has 4 nitrogen and oxygen atoms in total. The maximum absolute atomic E-state index is 11.6. The number of carbonyl (C=O) groups is 2. The summed E-state index contributed by atoms with van der Waals surface area (Å²) in [4.78, 5) is 22.8. The molecule has 0 spiro atoms. The Kier molecular flexibility index (Phi) is 6.33. The third-order valence-electron chi connectivity index (χ3n) is 3.37. The summed E-state index contributed by atoms with van der Waals surface area (Å²) in [6.07, 6.45) is 8.14. The molecular formula is C15H22O4. The molecule has 0 radical (unpaired) electrons. The lowest BCUT2D eigenvalue weighted by molar-refractivity contribution is -0.133. The third kappa shape index (κ3) is 4.54. The molecular weight excluding hydrogens is 244 g/mol. The van der Waals surface area contributed by atoms with E-state index in [0.29, 0.717) is 30.6 Å². The number of methoxy groups -OCH3 is 1. The minimum atomic E-state index is -0.956. The van der Waals surface area contributed by atoms with E-state index in [2.05, 4.69) is 6.92 Å². The molecule has 0 fully saturated rings. The minimum Gasteiger partial charge on any atom is -0.501 e. The first-order chi connectivity index (χ1) is 9.10. The molecule has 1 rings (SSSR count). The number of carboxylic acids is 1. The average molecular weight is 266 g/mol. The van der Waals surface area contributed by atoms with Gasteiger partial charge in [-0.3, -0.25) is 4.79 Å². The van der Waals surface area contributed by atoms with Crippen LogP contribution in [0.25, 0.3) is 0 Å². The molecule has 0 bridgehead atoms. The average Bonchev–Trinajstić information content (AvgIpc) is 2.79. The van der Waals surface area contributed by atoms with E-state index >= 15 is 0 Å². The summed E-state index contributed by atoms with van der Waals surface area (Å²) in [6.45, 7) is 2.09. The quantitative estimate of drug-likeness (QED) is 0.541. The zero-order valence-electron chi connectivity index (χ0n) is 11.6. The fraction of sp³-hybridized carbons (Fsp3) is 0.600. The zero-order valence-corrected chi connectivity index (χ0v) is 11.6. The highest BCUT2D eigenvalue weighted by atomic mass is 16.5. The molecule has 1 aliphatic rings. The number of carboxylic acid groups (broad SMARTS) is 1. The predicted octanol–water partition coefficient (Wildman–Crippen LogP) is 3.09. The van der Waals surface area contributed by atoms with Gasteiger partial charge in [0.2, 0.25) is 0 Å². The van der Waals surface area contributed by atoms with Crippen LogP contribution in [-0.2, 0) is 14.3 Å². The Morgan fingerprint density at radius 1 is 1.42 bits per heavy atom. The summed E-state index contributed by atoms with van der Waals surface area (Å²) in [7, 11) is 1.49. The Morgan fingerprint density at radius 3 is 2.74 bits per heavy atom. The Hall–Kier alpha value is -1.58. The first kappa shape index (κ1) is 15.5. The SMILES string of the molecule is CCCCCC(=O)C=CC1CCC(OC)=C1C(=O)O. The maximum atomic E-state index is 11.6. The predicted molar refractivity (Wildman–Crippen MR) is 72.7 cm³/mol. The second-order valence-electron chi connectivity index (χ2n) is 4.77. The Bertz CT molecular complexity index is 393. The van der Waals surface area contributed by atoms with Crippen molar-refractivity contribution in [2.75, 3.05) is 7.11 Å². The molecule has 0 saturated heterocycles. The van der Waals surface area contributed by atoms with Gasteiger partial charge in [0, 0.05) is 18.8 Å². The lowest BCUT2D eigenvalue weighted by atomic mass is 10.00. The Morgan fingerprint density at radius 2 is 2.16 bits per heavy atom. The zero-order chi connectivity index (χ0) is 14.3. The van der Waals surface area contributed by atoms with Crippen molar-refractivity contribution in [1.82, 2.24) is 0 Å². The highest BCUT2D eigenvalue weighted by Gasteiger charge is 2.29. The van der Waals surface area contributed by atoms with Gasteiger partial charge in [-0.15, -0.1) is 0 Å². The van der Waals surface area contributed by atoms with Crippen LogP contribution in [0.1, 0.15) is 45.4 Å². The van der Waals surface area contributed by atoms with Crippen LogP contribution in [0.5, 0.6) is 0 Å². The van der Waals surface area contributed by atoms with Crippen LogP contribution >= 0.6 is 0 Å². The second kappa shape index (κ2) is 7.77. The van der Waals surface area contributed by atoms with Gasteiger partial charge >= 0.3 is 5.97 Å². The monoisotopic (exact) mass is 266 g/mol. The number of carbonyl (C=O) groups excluding carboxylic acids is 1. The molecule has 0 amide bonds. The van der Waals surface area contributed by atoms with E-state index in [1.807, 2.05) is 0 Å². The van der Waals surface area contributed by atoms with Crippen LogP contribution in [0.15, 0.2) is 23.5 Å². The van der Waals surface area contributed by atoms with Crippen molar-refractivity contribution >= 4 is 11.8 Å². The van der Waals surface area contributed by atoms with Crippen molar-refractivity contribution in [2.24, 2.45) is 5.92 Å². The molecule has 106 valence electrons. The lowest BCUT2D eigenvalue weighted by Gasteiger charge is -2.06. The molecule has 19 heavy (non-hydrogen) atoms. The smallest absolute Gasteiger partial charge is 0.335 e. The summed E-state index contributed by atoms with van der Waals surface area (Å²) < 4.78 is 5.08. The Balaban J connectivity index is 2.59. The van der Waals surface area contributed by atoms with Crippen LogP contribution in [0.3, 0.4) is 0 Å². The number of hydrogen-bond acceptors (Lipinski definition) is 3. The standard InChI is InChI=1S/C15H22O4/c1-3-4-5-6-12(16)9-7-11-8-10-13(19-2)14(11)15(17)18/h7,9,11H,3-6,8,10H2,1-2H3,(H,17,18). The Labute approximate surface area is 114 Å². The summed E-state index contributed by atoms with van der Waals surface area (Å²) in [5.74, 6) is -0.561. The first-order valence-corrected chi connectivity index (χ1v) is 6.81. The number of allylic oxidation sites excluding steroid dienone is 3. The van der Waals surface area contributed by atoms with Gasteiger partial charge in [0.1, 0.15) is 5.76 Å². The largest absolute Gasteiger partial charge is 0.501 e. The number of ketones is 1. The molecule has 0 aliphatic heterocycles. The highest BCUT2D eigenvalue weighted by molar-refractivity contribution is 5.91. The topological polar surface area (TPSA) is 63.6 Å². The van der Waals surface area contributed by atoms with Crippen molar-refractivity contribution < 1.29 is 19.4 Å². The minimum absolute atomic E-state index is 0.0732. The van der Waals surface area contributed by atoms with Crippen LogP contribution < -0.4 is 0 Å². The van der Waals surface area contributed by atoms with Crippen molar-refractivity contribution in [3.63, 3.8) is 0 Å². The van der Waals surface area contributed by atoms with E-state index in [1.54, 1.807) is 6.08 Å².